The maximum absolute atomic E-state index is 14.0. The molecule has 0 aliphatic heterocycles. The molecular weight excluding hydrogens is 310 g/mol. The van der Waals surface area contributed by atoms with E-state index in [-0.39, 0.29) is 5.56 Å². The van der Waals surface area contributed by atoms with E-state index < -0.39 is 11.6 Å². The highest BCUT2D eigenvalue weighted by Gasteiger charge is 2.21. The molecule has 2 N–H and O–H groups in total. The van der Waals surface area contributed by atoms with Gasteiger partial charge in [-0.15, -0.1) is 22.7 Å². The summed E-state index contributed by atoms with van der Waals surface area (Å²) in [7, 11) is 0. The normalized spacial score (nSPS) is 10.5. The summed E-state index contributed by atoms with van der Waals surface area (Å²) in [6.45, 7) is 0. The van der Waals surface area contributed by atoms with E-state index >= 15 is 0 Å². The second-order valence-electron chi connectivity index (χ2n) is 4.26. The second-order valence-corrected chi connectivity index (χ2v) is 6.23. The number of hydrogen-bond donors (Lipinski definition) is 1. The van der Waals surface area contributed by atoms with Crippen molar-refractivity contribution in [2.75, 3.05) is 5.73 Å². The number of nitrogens with zero attached hydrogens (tertiary/aromatic N) is 1. The minimum atomic E-state index is -0.668. The van der Waals surface area contributed by atoms with E-state index in [1.54, 1.807) is 0 Å². The number of hydrogen-bond acceptors (Lipinski definition) is 4. The topological polar surface area (TPSA) is 49.8 Å². The molecule has 2 nitrogen and oxygen atoms in total. The summed E-state index contributed by atoms with van der Waals surface area (Å²) in [6.07, 6.45) is 0. The number of benzene rings is 1. The van der Waals surface area contributed by atoms with Gasteiger partial charge in [-0.05, 0) is 23.6 Å². The first-order valence-electron chi connectivity index (χ1n) is 5.93. The van der Waals surface area contributed by atoms with Gasteiger partial charge in [-0.1, -0.05) is 6.07 Å². The highest BCUT2D eigenvalue weighted by Crippen LogP contribution is 2.46. The van der Waals surface area contributed by atoms with Gasteiger partial charge >= 0.3 is 0 Å². The van der Waals surface area contributed by atoms with E-state index in [9.17, 15) is 8.78 Å². The zero-order valence-corrected chi connectivity index (χ0v) is 12.2. The maximum Gasteiger partial charge on any atom is 0.134 e. The molecule has 21 heavy (non-hydrogen) atoms. The first kappa shape index (κ1) is 13.7. The molecule has 104 valence electrons. The van der Waals surface area contributed by atoms with Crippen LogP contribution < -0.4 is 5.73 Å². The Labute approximate surface area is 127 Å². The standard InChI is InChI=1S/C15H8F2N2S2/c16-8-3-4-9(10(17)6-8)15-13(11-2-1-5-20-11)14(19)12(7-18)21-15/h1-6H,19H2. The van der Waals surface area contributed by atoms with Crippen molar-refractivity contribution in [1.82, 2.24) is 0 Å². The highest BCUT2D eigenvalue weighted by molar-refractivity contribution is 7.18. The smallest absolute Gasteiger partial charge is 0.134 e. The Morgan fingerprint density at radius 3 is 2.62 bits per heavy atom. The lowest BCUT2D eigenvalue weighted by atomic mass is 10.1. The minimum absolute atomic E-state index is 0.248. The molecule has 0 unspecified atom stereocenters. The van der Waals surface area contributed by atoms with Crippen LogP contribution in [0.3, 0.4) is 0 Å². The number of nitrogen functional groups attached to an aromatic ring is 1. The average molecular weight is 318 g/mol. The largest absolute Gasteiger partial charge is 0.396 e. The molecule has 0 aliphatic carbocycles. The van der Waals surface area contributed by atoms with Gasteiger partial charge in [0.1, 0.15) is 22.6 Å². The third kappa shape index (κ3) is 2.31. The fourth-order valence-electron chi connectivity index (χ4n) is 2.06. The minimum Gasteiger partial charge on any atom is -0.396 e. The summed E-state index contributed by atoms with van der Waals surface area (Å²) < 4.78 is 27.1. The Balaban J connectivity index is 2.30. The lowest BCUT2D eigenvalue weighted by Gasteiger charge is -2.05. The van der Waals surface area contributed by atoms with Crippen LogP contribution in [0.1, 0.15) is 4.88 Å². The van der Waals surface area contributed by atoms with Crippen LogP contribution in [-0.2, 0) is 0 Å². The number of halogens is 2. The molecule has 0 atom stereocenters. The van der Waals surface area contributed by atoms with Crippen LogP contribution >= 0.6 is 22.7 Å². The lowest BCUT2D eigenvalue weighted by Crippen LogP contribution is -1.89. The molecule has 0 amide bonds. The molecule has 1 aromatic carbocycles. The molecule has 0 aliphatic rings. The fraction of sp³-hybridized carbons (Fsp3) is 0. The summed E-state index contributed by atoms with van der Waals surface area (Å²) >= 11 is 2.57. The molecule has 0 radical (unpaired) electrons. The molecule has 0 saturated heterocycles. The Hall–Kier alpha value is -2.23. The number of nitriles is 1. The molecule has 2 heterocycles. The zero-order chi connectivity index (χ0) is 15.0. The summed E-state index contributed by atoms with van der Waals surface area (Å²) in [5, 5.41) is 11.0. The summed E-state index contributed by atoms with van der Waals surface area (Å²) in [6, 6.07) is 9.12. The van der Waals surface area contributed by atoms with Crippen molar-refractivity contribution in [1.29, 1.82) is 5.26 Å². The van der Waals surface area contributed by atoms with Crippen molar-refractivity contribution in [3.8, 4) is 27.0 Å². The van der Waals surface area contributed by atoms with Gasteiger partial charge in [0.25, 0.3) is 0 Å². The predicted molar refractivity (Wildman–Crippen MR) is 82.1 cm³/mol. The van der Waals surface area contributed by atoms with Gasteiger partial charge < -0.3 is 5.73 Å². The van der Waals surface area contributed by atoms with Crippen LogP contribution in [0.2, 0.25) is 0 Å². The average Bonchev–Trinajstić information content (AvgIpc) is 3.06. The maximum atomic E-state index is 14.0. The first-order valence-corrected chi connectivity index (χ1v) is 7.63. The van der Waals surface area contributed by atoms with Crippen molar-refractivity contribution in [3.63, 3.8) is 0 Å². The predicted octanol–water partition coefficient (Wildman–Crippen LogP) is 4.88. The Bertz CT molecular complexity index is 845. The van der Waals surface area contributed by atoms with Crippen LogP contribution in [0, 0.1) is 23.0 Å². The van der Waals surface area contributed by atoms with Crippen LogP contribution in [0.25, 0.3) is 20.9 Å². The van der Waals surface area contributed by atoms with E-state index in [1.165, 1.54) is 23.5 Å². The van der Waals surface area contributed by atoms with Gasteiger partial charge in [-0.2, -0.15) is 5.26 Å². The number of rotatable bonds is 2. The zero-order valence-electron chi connectivity index (χ0n) is 10.6. The van der Waals surface area contributed by atoms with E-state index in [0.29, 0.717) is 21.0 Å². The van der Waals surface area contributed by atoms with E-state index in [0.717, 1.165) is 22.3 Å². The second kappa shape index (κ2) is 5.28. The Kier molecular flexibility index (Phi) is 3.45. The van der Waals surface area contributed by atoms with Crippen LogP contribution in [-0.4, -0.2) is 0 Å². The SMILES string of the molecule is N#Cc1sc(-c2ccc(F)cc2F)c(-c2cccs2)c1N. The van der Waals surface area contributed by atoms with Gasteiger partial charge in [-0.25, -0.2) is 8.78 Å². The van der Waals surface area contributed by atoms with Crippen LogP contribution in [0.15, 0.2) is 35.7 Å². The van der Waals surface area contributed by atoms with Gasteiger partial charge in [0, 0.05) is 26.9 Å². The molecule has 2 aromatic heterocycles. The molecular formula is C15H8F2N2S2. The van der Waals surface area contributed by atoms with E-state index in [2.05, 4.69) is 0 Å². The third-order valence-corrected chi connectivity index (χ3v) is 5.02. The molecule has 0 saturated carbocycles. The highest BCUT2D eigenvalue weighted by atomic mass is 32.1. The van der Waals surface area contributed by atoms with Crippen molar-refractivity contribution >= 4 is 28.4 Å². The van der Waals surface area contributed by atoms with Crippen molar-refractivity contribution in [2.24, 2.45) is 0 Å². The molecule has 0 bridgehead atoms. The number of nitrogens with two attached hydrogens (primary N) is 1. The molecule has 0 spiro atoms. The van der Waals surface area contributed by atoms with Crippen LogP contribution in [0.4, 0.5) is 14.5 Å². The quantitative estimate of drug-likeness (QED) is 0.732. The summed E-state index contributed by atoms with van der Waals surface area (Å²) in [5.41, 5.74) is 7.24. The summed E-state index contributed by atoms with van der Waals surface area (Å²) in [5.74, 6) is -1.31. The summed E-state index contributed by atoms with van der Waals surface area (Å²) in [4.78, 5) is 1.73. The van der Waals surface area contributed by atoms with Gasteiger partial charge in [0.2, 0.25) is 0 Å². The number of anilines is 1. The first-order chi connectivity index (χ1) is 10.1. The molecule has 3 rings (SSSR count). The van der Waals surface area contributed by atoms with Gasteiger partial charge in [-0.3, -0.25) is 0 Å². The van der Waals surface area contributed by atoms with Crippen LogP contribution in [0.5, 0.6) is 0 Å². The molecule has 6 heteroatoms. The number of thiophene rings is 2. The van der Waals surface area contributed by atoms with Crippen molar-refractivity contribution < 1.29 is 8.78 Å². The van der Waals surface area contributed by atoms with E-state index in [1.807, 2.05) is 23.6 Å². The monoisotopic (exact) mass is 318 g/mol. The van der Waals surface area contributed by atoms with Gasteiger partial charge in [0.15, 0.2) is 0 Å². The molecule has 0 fully saturated rings. The lowest BCUT2D eigenvalue weighted by molar-refractivity contribution is 0.586. The third-order valence-electron chi connectivity index (χ3n) is 2.99. The Morgan fingerprint density at radius 1 is 1.19 bits per heavy atom. The Morgan fingerprint density at radius 2 is 2.00 bits per heavy atom. The van der Waals surface area contributed by atoms with Crippen molar-refractivity contribution in [3.05, 3.63) is 52.2 Å². The van der Waals surface area contributed by atoms with Crippen molar-refractivity contribution in [2.45, 2.75) is 0 Å². The van der Waals surface area contributed by atoms with E-state index in [4.69, 9.17) is 11.0 Å². The fourth-order valence-corrected chi connectivity index (χ4v) is 3.97. The van der Waals surface area contributed by atoms with Gasteiger partial charge in [0.05, 0.1) is 5.69 Å². The molecule has 3 aromatic rings.